The molecule has 1 rings (SSSR count). The van der Waals surface area contributed by atoms with Gasteiger partial charge in [-0.25, -0.2) is 0 Å². The smallest absolute Gasteiger partial charge is 0.264 e. The third-order valence-corrected chi connectivity index (χ3v) is 2.45. The fourth-order valence-corrected chi connectivity index (χ4v) is 1.91. The summed E-state index contributed by atoms with van der Waals surface area (Å²) in [6.07, 6.45) is 4.07. The van der Waals surface area contributed by atoms with E-state index in [1.807, 2.05) is 6.92 Å². The molecule has 11 heavy (non-hydrogen) atoms. The molecule has 0 N–H and O–H groups in total. The van der Waals surface area contributed by atoms with Gasteiger partial charge in [-0.3, -0.25) is 4.18 Å². The fourth-order valence-electron chi connectivity index (χ4n) is 1.17. The molecule has 0 bridgehead atoms. The zero-order valence-electron chi connectivity index (χ0n) is 6.91. The van der Waals surface area contributed by atoms with Gasteiger partial charge in [0.05, 0.1) is 12.4 Å². The van der Waals surface area contributed by atoms with E-state index in [4.69, 9.17) is 4.18 Å². The van der Waals surface area contributed by atoms with Gasteiger partial charge in [-0.2, -0.15) is 8.42 Å². The van der Waals surface area contributed by atoms with Crippen LogP contribution in [0.4, 0.5) is 0 Å². The molecule has 1 atom stereocenters. The Morgan fingerprint density at radius 3 is 2.36 bits per heavy atom. The van der Waals surface area contributed by atoms with Crippen molar-refractivity contribution in [2.75, 3.05) is 6.26 Å². The highest BCUT2D eigenvalue weighted by Crippen LogP contribution is 2.36. The average molecular weight is 178 g/mol. The molecule has 1 aliphatic carbocycles. The van der Waals surface area contributed by atoms with E-state index in [2.05, 4.69) is 0 Å². The largest absolute Gasteiger partial charge is 0.267 e. The predicted octanol–water partition coefficient (Wildman–Crippen LogP) is 1.15. The minimum absolute atomic E-state index is 0.0648. The van der Waals surface area contributed by atoms with Crippen molar-refractivity contribution in [3.8, 4) is 0 Å². The molecule has 0 amide bonds. The van der Waals surface area contributed by atoms with Gasteiger partial charge in [0, 0.05) is 0 Å². The van der Waals surface area contributed by atoms with Gasteiger partial charge in [0.25, 0.3) is 10.1 Å². The summed E-state index contributed by atoms with van der Waals surface area (Å²) in [5.41, 5.74) is 0. The van der Waals surface area contributed by atoms with Gasteiger partial charge >= 0.3 is 0 Å². The van der Waals surface area contributed by atoms with Crippen LogP contribution >= 0.6 is 0 Å². The quantitative estimate of drug-likeness (QED) is 0.606. The van der Waals surface area contributed by atoms with E-state index in [1.54, 1.807) is 0 Å². The Morgan fingerprint density at radius 1 is 1.55 bits per heavy atom. The number of hydrogen-bond acceptors (Lipinski definition) is 3. The molecule has 66 valence electrons. The third kappa shape index (κ3) is 3.20. The molecule has 0 aromatic rings. The van der Waals surface area contributed by atoms with Gasteiger partial charge in [-0.15, -0.1) is 0 Å². The normalized spacial score (nSPS) is 21.6. The van der Waals surface area contributed by atoms with Crippen molar-refractivity contribution in [2.45, 2.75) is 32.3 Å². The van der Waals surface area contributed by atoms with E-state index in [-0.39, 0.29) is 6.10 Å². The Morgan fingerprint density at radius 2 is 2.09 bits per heavy atom. The highest BCUT2D eigenvalue weighted by molar-refractivity contribution is 7.86. The van der Waals surface area contributed by atoms with Crippen LogP contribution in [0.25, 0.3) is 0 Å². The van der Waals surface area contributed by atoms with Gasteiger partial charge in [0.2, 0.25) is 0 Å². The lowest BCUT2D eigenvalue weighted by Crippen LogP contribution is -2.18. The van der Waals surface area contributed by atoms with Crippen LogP contribution in [0.1, 0.15) is 26.2 Å². The van der Waals surface area contributed by atoms with Crippen LogP contribution in [-0.2, 0) is 14.3 Å². The lowest BCUT2D eigenvalue weighted by molar-refractivity contribution is 0.183. The van der Waals surface area contributed by atoms with Crippen molar-refractivity contribution >= 4 is 10.1 Å². The maximum atomic E-state index is 10.7. The van der Waals surface area contributed by atoms with E-state index in [0.717, 1.165) is 25.5 Å². The summed E-state index contributed by atoms with van der Waals surface area (Å²) in [6, 6.07) is 0. The first-order valence-corrected chi connectivity index (χ1v) is 5.73. The summed E-state index contributed by atoms with van der Waals surface area (Å²) in [5, 5.41) is 0. The van der Waals surface area contributed by atoms with Crippen molar-refractivity contribution < 1.29 is 12.6 Å². The van der Waals surface area contributed by atoms with Gasteiger partial charge in [0.15, 0.2) is 0 Å². The first-order chi connectivity index (χ1) is 5.03. The summed E-state index contributed by atoms with van der Waals surface area (Å²) >= 11 is 0. The Balaban J connectivity index is 2.43. The molecule has 1 fully saturated rings. The van der Waals surface area contributed by atoms with E-state index in [9.17, 15) is 8.42 Å². The average Bonchev–Trinajstić information content (AvgIpc) is 2.61. The first-order valence-electron chi connectivity index (χ1n) is 3.91. The molecule has 3 nitrogen and oxygen atoms in total. The third-order valence-electron chi connectivity index (χ3n) is 1.85. The molecular formula is C7H14O3S. The second kappa shape index (κ2) is 3.11. The summed E-state index contributed by atoms with van der Waals surface area (Å²) in [4.78, 5) is 0. The predicted molar refractivity (Wildman–Crippen MR) is 42.7 cm³/mol. The van der Waals surface area contributed by atoms with Crippen molar-refractivity contribution in [1.29, 1.82) is 0 Å². The molecule has 4 heteroatoms. The van der Waals surface area contributed by atoms with Gasteiger partial charge < -0.3 is 0 Å². The topological polar surface area (TPSA) is 43.4 Å². The van der Waals surface area contributed by atoms with Crippen LogP contribution in [0.2, 0.25) is 0 Å². The minimum atomic E-state index is -3.24. The summed E-state index contributed by atoms with van der Waals surface area (Å²) in [5.74, 6) is 0.495. The van der Waals surface area contributed by atoms with Crippen LogP contribution in [-0.4, -0.2) is 20.8 Å². The molecule has 1 unspecified atom stereocenters. The molecular weight excluding hydrogens is 164 g/mol. The van der Waals surface area contributed by atoms with Gasteiger partial charge in [-0.1, -0.05) is 6.92 Å². The number of rotatable bonds is 4. The van der Waals surface area contributed by atoms with Gasteiger partial charge in [0.1, 0.15) is 0 Å². The van der Waals surface area contributed by atoms with Crippen molar-refractivity contribution in [1.82, 2.24) is 0 Å². The Kier molecular flexibility index (Phi) is 2.54. The first kappa shape index (κ1) is 9.00. The molecule has 1 saturated carbocycles. The summed E-state index contributed by atoms with van der Waals surface area (Å²) in [6.45, 7) is 1.95. The standard InChI is InChI=1S/C7H14O3S/c1-3-7(6-4-5-6)10-11(2,8)9/h6-7H,3-5H2,1-2H3. The molecule has 0 aromatic carbocycles. The molecule has 0 aromatic heterocycles. The summed E-state index contributed by atoms with van der Waals surface area (Å²) in [7, 11) is -3.24. The monoisotopic (exact) mass is 178 g/mol. The molecule has 0 aliphatic heterocycles. The van der Waals surface area contributed by atoms with Crippen LogP contribution in [0.3, 0.4) is 0 Å². The highest BCUT2D eigenvalue weighted by Gasteiger charge is 2.32. The second-order valence-electron chi connectivity index (χ2n) is 3.08. The Labute approximate surface area is 67.9 Å². The Bertz CT molecular complexity index is 216. The summed E-state index contributed by atoms with van der Waals surface area (Å²) < 4.78 is 26.3. The molecule has 1 aliphatic rings. The zero-order chi connectivity index (χ0) is 8.48. The van der Waals surface area contributed by atoms with Crippen LogP contribution in [0.15, 0.2) is 0 Å². The Hall–Kier alpha value is -0.0900. The maximum Gasteiger partial charge on any atom is 0.264 e. The molecule has 0 spiro atoms. The second-order valence-corrected chi connectivity index (χ2v) is 4.69. The van der Waals surface area contributed by atoms with E-state index >= 15 is 0 Å². The van der Waals surface area contributed by atoms with E-state index in [1.165, 1.54) is 0 Å². The zero-order valence-corrected chi connectivity index (χ0v) is 7.73. The number of hydrogen-bond donors (Lipinski definition) is 0. The maximum absolute atomic E-state index is 10.7. The highest BCUT2D eigenvalue weighted by atomic mass is 32.2. The molecule has 0 saturated heterocycles. The minimum Gasteiger partial charge on any atom is -0.267 e. The van der Waals surface area contributed by atoms with Crippen molar-refractivity contribution in [2.24, 2.45) is 5.92 Å². The lowest BCUT2D eigenvalue weighted by atomic mass is 10.2. The lowest BCUT2D eigenvalue weighted by Gasteiger charge is -2.11. The van der Waals surface area contributed by atoms with E-state index in [0.29, 0.717) is 5.92 Å². The molecule has 0 radical (unpaired) electrons. The van der Waals surface area contributed by atoms with Crippen LogP contribution < -0.4 is 0 Å². The molecule has 0 heterocycles. The SMILES string of the molecule is CCC(OS(C)(=O)=O)C1CC1. The van der Waals surface area contributed by atoms with Crippen molar-refractivity contribution in [3.05, 3.63) is 0 Å². The van der Waals surface area contributed by atoms with Crippen molar-refractivity contribution in [3.63, 3.8) is 0 Å². The fraction of sp³-hybridized carbons (Fsp3) is 1.00. The van der Waals surface area contributed by atoms with Gasteiger partial charge in [-0.05, 0) is 25.2 Å². The van der Waals surface area contributed by atoms with Crippen LogP contribution in [0.5, 0.6) is 0 Å². The van der Waals surface area contributed by atoms with E-state index < -0.39 is 10.1 Å². The van der Waals surface area contributed by atoms with Crippen LogP contribution in [0, 0.1) is 5.92 Å².